The van der Waals surface area contributed by atoms with Crippen LogP contribution in [0.3, 0.4) is 0 Å². The van der Waals surface area contributed by atoms with Crippen molar-refractivity contribution in [2.75, 3.05) is 12.3 Å². The van der Waals surface area contributed by atoms with Crippen LogP contribution in [0.15, 0.2) is 4.99 Å². The van der Waals surface area contributed by atoms with Crippen LogP contribution in [0.2, 0.25) is 19.6 Å². The Hall–Kier alpha value is 0.237. The third kappa shape index (κ3) is 10.2. The standard InChI is InChI=1S/C8H19NSSi/c1-5-6-9-7-8-10-11(2,3)4/h6H,5,7-8H2,1-4H3/b9-6+. The van der Waals surface area contributed by atoms with Crippen LogP contribution in [0.1, 0.15) is 13.3 Å². The monoisotopic (exact) mass is 189 g/mol. The molecule has 0 unspecified atom stereocenters. The Morgan fingerprint density at radius 3 is 2.45 bits per heavy atom. The maximum Gasteiger partial charge on any atom is 0.108 e. The summed E-state index contributed by atoms with van der Waals surface area (Å²) in [4.78, 5) is 4.27. The molecule has 66 valence electrons. The fraction of sp³-hybridized carbons (Fsp3) is 0.875. The number of rotatable bonds is 5. The molecule has 11 heavy (non-hydrogen) atoms. The van der Waals surface area contributed by atoms with E-state index < -0.39 is 7.22 Å². The minimum atomic E-state index is -0.875. The second-order valence-electron chi connectivity index (χ2n) is 3.46. The van der Waals surface area contributed by atoms with Gasteiger partial charge in [-0.05, 0) is 12.6 Å². The molecule has 0 aliphatic rings. The molecule has 0 heterocycles. The van der Waals surface area contributed by atoms with Crippen LogP contribution in [0, 0.1) is 0 Å². The lowest BCUT2D eigenvalue weighted by atomic mass is 10.5. The first-order chi connectivity index (χ1) is 5.06. The lowest BCUT2D eigenvalue weighted by Gasteiger charge is -2.13. The molecule has 0 amide bonds. The SMILES string of the molecule is CC/C=N/CCS[Si](C)(C)C. The van der Waals surface area contributed by atoms with E-state index in [2.05, 4.69) is 42.8 Å². The summed E-state index contributed by atoms with van der Waals surface area (Å²) in [6, 6.07) is 0. The van der Waals surface area contributed by atoms with Gasteiger partial charge in [0.1, 0.15) is 7.22 Å². The zero-order valence-corrected chi connectivity index (χ0v) is 9.87. The molecule has 0 aliphatic carbocycles. The molecule has 0 aromatic heterocycles. The van der Waals surface area contributed by atoms with Gasteiger partial charge < -0.3 is 0 Å². The first-order valence-corrected chi connectivity index (χ1v) is 9.39. The molecule has 0 rings (SSSR count). The van der Waals surface area contributed by atoms with Gasteiger partial charge in [0.15, 0.2) is 0 Å². The highest BCUT2D eigenvalue weighted by molar-refractivity contribution is 8.28. The lowest BCUT2D eigenvalue weighted by Crippen LogP contribution is -2.15. The Bertz CT molecular complexity index is 118. The van der Waals surface area contributed by atoms with Gasteiger partial charge in [-0.3, -0.25) is 4.99 Å². The molecule has 0 atom stereocenters. The molecule has 0 aromatic carbocycles. The Morgan fingerprint density at radius 1 is 1.36 bits per heavy atom. The molecule has 0 radical (unpaired) electrons. The normalized spacial score (nSPS) is 12.7. The first kappa shape index (κ1) is 11.2. The van der Waals surface area contributed by atoms with E-state index in [-0.39, 0.29) is 0 Å². The van der Waals surface area contributed by atoms with E-state index >= 15 is 0 Å². The van der Waals surface area contributed by atoms with Gasteiger partial charge in [-0.25, -0.2) is 0 Å². The van der Waals surface area contributed by atoms with Crippen LogP contribution >= 0.6 is 11.2 Å². The Kier molecular flexibility index (Phi) is 5.96. The summed E-state index contributed by atoms with van der Waals surface area (Å²) in [5, 5.41) is 0. The van der Waals surface area contributed by atoms with E-state index in [0.29, 0.717) is 0 Å². The summed E-state index contributed by atoms with van der Waals surface area (Å²) in [6.45, 7) is 10.3. The molecule has 0 saturated heterocycles. The van der Waals surface area contributed by atoms with Gasteiger partial charge >= 0.3 is 0 Å². The second kappa shape index (κ2) is 5.83. The van der Waals surface area contributed by atoms with E-state index in [1.807, 2.05) is 6.21 Å². The van der Waals surface area contributed by atoms with Crippen molar-refractivity contribution >= 4 is 24.6 Å². The predicted molar refractivity (Wildman–Crippen MR) is 59.5 cm³/mol. The maximum atomic E-state index is 4.27. The van der Waals surface area contributed by atoms with Gasteiger partial charge in [0.05, 0.1) is 0 Å². The zero-order valence-electron chi connectivity index (χ0n) is 8.05. The van der Waals surface area contributed by atoms with E-state index in [9.17, 15) is 0 Å². The van der Waals surface area contributed by atoms with Crippen LogP contribution in [0.25, 0.3) is 0 Å². The molecule has 0 spiro atoms. The summed E-state index contributed by atoms with van der Waals surface area (Å²) in [5.41, 5.74) is 0. The zero-order chi connectivity index (χ0) is 8.74. The molecular formula is C8H19NSSi. The summed E-state index contributed by atoms with van der Waals surface area (Å²) < 4.78 is 0. The van der Waals surface area contributed by atoms with Crippen molar-refractivity contribution in [2.45, 2.75) is 33.0 Å². The largest absolute Gasteiger partial charge is 0.297 e. The number of hydrogen-bond donors (Lipinski definition) is 0. The smallest absolute Gasteiger partial charge is 0.108 e. The van der Waals surface area contributed by atoms with Crippen molar-refractivity contribution in [3.63, 3.8) is 0 Å². The molecular weight excluding hydrogens is 170 g/mol. The first-order valence-electron chi connectivity index (χ1n) is 4.18. The molecule has 0 fully saturated rings. The highest BCUT2D eigenvalue weighted by Crippen LogP contribution is 2.18. The van der Waals surface area contributed by atoms with Crippen LogP contribution < -0.4 is 0 Å². The van der Waals surface area contributed by atoms with E-state index in [0.717, 1.165) is 13.0 Å². The Labute approximate surface area is 75.3 Å². The molecule has 0 saturated carbocycles. The second-order valence-corrected chi connectivity index (χ2v) is 12.9. The summed E-state index contributed by atoms with van der Waals surface area (Å²) in [7, 11) is -0.875. The lowest BCUT2D eigenvalue weighted by molar-refractivity contribution is 1.14. The predicted octanol–water partition coefficient (Wildman–Crippen LogP) is 3.04. The van der Waals surface area contributed by atoms with E-state index in [4.69, 9.17) is 0 Å². The quantitative estimate of drug-likeness (QED) is 0.368. The highest BCUT2D eigenvalue weighted by atomic mass is 32.4. The molecule has 0 aromatic rings. The minimum Gasteiger partial charge on any atom is -0.297 e. The van der Waals surface area contributed by atoms with Crippen LogP contribution in [-0.2, 0) is 0 Å². The molecule has 0 aliphatic heterocycles. The number of nitrogens with zero attached hydrogens (tertiary/aromatic N) is 1. The van der Waals surface area contributed by atoms with Crippen molar-refractivity contribution < 1.29 is 0 Å². The number of hydrogen-bond acceptors (Lipinski definition) is 2. The summed E-state index contributed by atoms with van der Waals surface area (Å²) in [6.07, 6.45) is 3.07. The van der Waals surface area contributed by atoms with Crippen LogP contribution in [-0.4, -0.2) is 25.7 Å². The Balaban J connectivity index is 3.21. The van der Waals surface area contributed by atoms with Gasteiger partial charge in [0.2, 0.25) is 0 Å². The van der Waals surface area contributed by atoms with Gasteiger partial charge in [0.25, 0.3) is 0 Å². The third-order valence-corrected chi connectivity index (χ3v) is 5.53. The van der Waals surface area contributed by atoms with Crippen molar-refractivity contribution in [1.29, 1.82) is 0 Å². The topological polar surface area (TPSA) is 12.4 Å². The van der Waals surface area contributed by atoms with Crippen LogP contribution in [0.4, 0.5) is 0 Å². The molecule has 0 bridgehead atoms. The third-order valence-electron chi connectivity index (χ3n) is 1.07. The fourth-order valence-corrected chi connectivity index (χ4v) is 3.54. The van der Waals surface area contributed by atoms with Crippen molar-refractivity contribution in [2.24, 2.45) is 4.99 Å². The Morgan fingerprint density at radius 2 is 2.00 bits per heavy atom. The van der Waals surface area contributed by atoms with Gasteiger partial charge in [-0.1, -0.05) is 26.6 Å². The van der Waals surface area contributed by atoms with E-state index in [1.165, 1.54) is 5.75 Å². The van der Waals surface area contributed by atoms with E-state index in [1.54, 1.807) is 0 Å². The van der Waals surface area contributed by atoms with Gasteiger partial charge in [-0.2, -0.15) is 11.2 Å². The van der Waals surface area contributed by atoms with Crippen molar-refractivity contribution in [1.82, 2.24) is 0 Å². The fourth-order valence-electron chi connectivity index (χ4n) is 0.625. The van der Waals surface area contributed by atoms with Crippen LogP contribution in [0.5, 0.6) is 0 Å². The highest BCUT2D eigenvalue weighted by Gasteiger charge is 2.11. The maximum absolute atomic E-state index is 4.27. The molecule has 3 heteroatoms. The average molecular weight is 189 g/mol. The summed E-state index contributed by atoms with van der Waals surface area (Å²) >= 11 is 2.11. The molecule has 0 N–H and O–H groups in total. The minimum absolute atomic E-state index is 0.875. The average Bonchev–Trinajstić information content (AvgIpc) is 1.85. The number of aliphatic imine (C=N–C) groups is 1. The van der Waals surface area contributed by atoms with Gasteiger partial charge in [-0.15, -0.1) is 0 Å². The van der Waals surface area contributed by atoms with Crippen molar-refractivity contribution in [3.8, 4) is 0 Å². The van der Waals surface area contributed by atoms with Crippen molar-refractivity contribution in [3.05, 3.63) is 0 Å². The summed E-state index contributed by atoms with van der Waals surface area (Å²) in [5.74, 6) is 1.20. The van der Waals surface area contributed by atoms with Gasteiger partial charge in [0, 0.05) is 12.3 Å². The molecule has 1 nitrogen and oxygen atoms in total.